The SMILES string of the molecule is O=C1N[C@@H]2CN[C@@H](C2)C(=O)NC[C@H]2O[C@H](CCOc3ccccc31)CC[C@@H]2O. The fourth-order valence-electron chi connectivity index (χ4n) is 4.06. The van der Waals surface area contributed by atoms with Gasteiger partial charge in [0.05, 0.1) is 30.4 Å². The molecular formula is C20H27N3O5. The van der Waals surface area contributed by atoms with Gasteiger partial charge in [-0.05, 0) is 31.4 Å². The third kappa shape index (κ3) is 4.29. The highest BCUT2D eigenvalue weighted by Crippen LogP contribution is 2.24. The number of aliphatic hydroxyl groups excluding tert-OH is 1. The van der Waals surface area contributed by atoms with E-state index in [9.17, 15) is 14.7 Å². The Bertz CT molecular complexity index is 728. The van der Waals surface area contributed by atoms with Crippen molar-refractivity contribution in [1.29, 1.82) is 0 Å². The van der Waals surface area contributed by atoms with Crippen molar-refractivity contribution in [2.24, 2.45) is 0 Å². The second-order valence-corrected chi connectivity index (χ2v) is 7.69. The molecule has 3 heterocycles. The third-order valence-corrected chi connectivity index (χ3v) is 5.67. The third-order valence-electron chi connectivity index (χ3n) is 5.67. The molecule has 1 aromatic carbocycles. The lowest BCUT2D eigenvalue weighted by atomic mass is 9.99. The molecule has 152 valence electrons. The van der Waals surface area contributed by atoms with Crippen molar-refractivity contribution < 1.29 is 24.2 Å². The van der Waals surface area contributed by atoms with Gasteiger partial charge in [-0.2, -0.15) is 0 Å². The maximum Gasteiger partial charge on any atom is 0.255 e. The Hall–Kier alpha value is -2.16. The Morgan fingerprint density at radius 1 is 1.07 bits per heavy atom. The zero-order chi connectivity index (χ0) is 19.5. The number of para-hydroxylation sites is 1. The minimum Gasteiger partial charge on any atom is -0.493 e. The van der Waals surface area contributed by atoms with Crippen LogP contribution in [0, 0.1) is 0 Å². The number of hydrogen-bond acceptors (Lipinski definition) is 6. The lowest BCUT2D eigenvalue weighted by Gasteiger charge is -2.34. The number of fused-ring (bicyclic) bond motifs is 5. The summed E-state index contributed by atoms with van der Waals surface area (Å²) in [5.74, 6) is 0.206. The molecule has 0 saturated carbocycles. The smallest absolute Gasteiger partial charge is 0.255 e. The van der Waals surface area contributed by atoms with Crippen molar-refractivity contribution in [2.75, 3.05) is 19.7 Å². The maximum atomic E-state index is 12.7. The van der Waals surface area contributed by atoms with Crippen LogP contribution in [0.3, 0.4) is 0 Å². The number of benzene rings is 1. The Morgan fingerprint density at radius 2 is 1.93 bits per heavy atom. The standard InChI is InChI=1S/C20H27N3O5/c24-16-6-5-13-7-8-27-17-4-2-1-3-14(17)19(25)23-12-9-15(21-10-12)20(26)22-11-18(16)28-13/h1-4,12-13,15-16,18,21,24H,5-11H2,(H,22,26)(H,23,25)/t12-,13-,15-,16-,18+/m0/s1. The summed E-state index contributed by atoms with van der Waals surface area (Å²) in [6, 6.07) is 6.66. The van der Waals surface area contributed by atoms with Crippen LogP contribution in [0.25, 0.3) is 0 Å². The van der Waals surface area contributed by atoms with Crippen LogP contribution in [0.2, 0.25) is 0 Å². The molecule has 4 bridgehead atoms. The van der Waals surface area contributed by atoms with Gasteiger partial charge in [-0.1, -0.05) is 12.1 Å². The van der Waals surface area contributed by atoms with E-state index in [2.05, 4.69) is 16.0 Å². The van der Waals surface area contributed by atoms with E-state index >= 15 is 0 Å². The molecule has 0 unspecified atom stereocenters. The Labute approximate surface area is 164 Å². The van der Waals surface area contributed by atoms with Gasteiger partial charge >= 0.3 is 0 Å². The number of amides is 2. The average Bonchev–Trinajstić information content (AvgIpc) is 3.16. The molecule has 4 N–H and O–H groups in total. The molecule has 3 aliphatic rings. The van der Waals surface area contributed by atoms with E-state index < -0.39 is 12.2 Å². The number of rotatable bonds is 0. The number of nitrogens with one attached hydrogen (secondary N) is 3. The van der Waals surface area contributed by atoms with Crippen molar-refractivity contribution in [1.82, 2.24) is 16.0 Å². The maximum absolute atomic E-state index is 12.7. The zero-order valence-electron chi connectivity index (χ0n) is 15.7. The van der Waals surface area contributed by atoms with Crippen molar-refractivity contribution in [2.45, 2.75) is 56.1 Å². The van der Waals surface area contributed by atoms with Crippen molar-refractivity contribution in [3.63, 3.8) is 0 Å². The Balaban J connectivity index is 1.53. The predicted octanol–water partition coefficient (Wildman–Crippen LogP) is -0.0459. The van der Waals surface area contributed by atoms with Crippen molar-refractivity contribution >= 4 is 11.8 Å². The molecule has 0 radical (unpaired) electrons. The molecule has 0 spiro atoms. The van der Waals surface area contributed by atoms with E-state index in [1.807, 2.05) is 6.07 Å². The molecule has 2 saturated heterocycles. The van der Waals surface area contributed by atoms with Gasteiger partial charge in [-0.15, -0.1) is 0 Å². The molecule has 5 atom stereocenters. The van der Waals surface area contributed by atoms with Crippen LogP contribution in [-0.4, -0.2) is 67.0 Å². The molecule has 8 nitrogen and oxygen atoms in total. The first-order chi connectivity index (χ1) is 13.6. The molecule has 28 heavy (non-hydrogen) atoms. The average molecular weight is 389 g/mol. The minimum atomic E-state index is -0.583. The second kappa shape index (κ2) is 8.46. The molecule has 8 heteroatoms. The Morgan fingerprint density at radius 3 is 2.82 bits per heavy atom. The van der Waals surface area contributed by atoms with Gasteiger partial charge in [0.2, 0.25) is 5.91 Å². The van der Waals surface area contributed by atoms with Crippen LogP contribution in [0.4, 0.5) is 0 Å². The van der Waals surface area contributed by atoms with E-state index in [-0.39, 0.29) is 36.5 Å². The molecule has 0 aromatic heterocycles. The van der Waals surface area contributed by atoms with E-state index in [1.165, 1.54) is 0 Å². The van der Waals surface area contributed by atoms with Gasteiger partial charge in [0.1, 0.15) is 11.9 Å². The van der Waals surface area contributed by atoms with Gasteiger partial charge in [-0.3, -0.25) is 9.59 Å². The van der Waals surface area contributed by atoms with Crippen LogP contribution in [-0.2, 0) is 9.53 Å². The zero-order valence-corrected chi connectivity index (χ0v) is 15.7. The van der Waals surface area contributed by atoms with Crippen molar-refractivity contribution in [3.8, 4) is 5.75 Å². The van der Waals surface area contributed by atoms with E-state index in [0.717, 1.165) is 6.42 Å². The molecule has 4 rings (SSSR count). The lowest BCUT2D eigenvalue weighted by Crippen LogP contribution is -2.49. The van der Waals surface area contributed by atoms with Crippen molar-refractivity contribution in [3.05, 3.63) is 29.8 Å². The largest absolute Gasteiger partial charge is 0.493 e. The number of aliphatic hydroxyl groups is 1. The number of carbonyl (C=O) groups is 2. The van der Waals surface area contributed by atoms with Crippen LogP contribution in [0.1, 0.15) is 36.0 Å². The lowest BCUT2D eigenvalue weighted by molar-refractivity contribution is -0.131. The summed E-state index contributed by atoms with van der Waals surface area (Å²) in [7, 11) is 0. The fraction of sp³-hybridized carbons (Fsp3) is 0.600. The quantitative estimate of drug-likeness (QED) is 0.496. The van der Waals surface area contributed by atoms with Gasteiger partial charge in [0, 0.05) is 25.6 Å². The highest BCUT2D eigenvalue weighted by molar-refractivity contribution is 5.97. The highest BCUT2D eigenvalue weighted by Gasteiger charge is 2.34. The molecule has 2 fully saturated rings. The summed E-state index contributed by atoms with van der Waals surface area (Å²) < 4.78 is 11.9. The molecule has 0 aliphatic carbocycles. The Kier molecular flexibility index (Phi) is 5.79. The van der Waals surface area contributed by atoms with Gasteiger partial charge in [0.25, 0.3) is 5.91 Å². The summed E-state index contributed by atoms with van der Waals surface area (Å²) in [6.45, 7) is 1.21. The summed E-state index contributed by atoms with van der Waals surface area (Å²) in [5, 5.41) is 19.2. The summed E-state index contributed by atoms with van der Waals surface area (Å²) in [4.78, 5) is 25.2. The predicted molar refractivity (Wildman–Crippen MR) is 101 cm³/mol. The minimum absolute atomic E-state index is 0.0480. The second-order valence-electron chi connectivity index (χ2n) is 7.69. The normalized spacial score (nSPS) is 34.0. The van der Waals surface area contributed by atoms with Crippen LogP contribution in [0.5, 0.6) is 5.75 Å². The van der Waals surface area contributed by atoms with Gasteiger partial charge < -0.3 is 30.5 Å². The summed E-state index contributed by atoms with van der Waals surface area (Å²) >= 11 is 0. The first-order valence-electron chi connectivity index (χ1n) is 9.97. The van der Waals surface area contributed by atoms with Crippen LogP contribution >= 0.6 is 0 Å². The molecule has 3 aliphatic heterocycles. The van der Waals surface area contributed by atoms with Crippen LogP contribution in [0.15, 0.2) is 24.3 Å². The summed E-state index contributed by atoms with van der Waals surface area (Å²) in [5.41, 5.74) is 0.486. The van der Waals surface area contributed by atoms with Crippen LogP contribution < -0.4 is 20.7 Å². The van der Waals surface area contributed by atoms with E-state index in [1.54, 1.807) is 18.2 Å². The molecule has 2 amide bonds. The topological polar surface area (TPSA) is 109 Å². The number of carbonyl (C=O) groups excluding carboxylic acids is 2. The first-order valence-corrected chi connectivity index (χ1v) is 9.97. The molecular weight excluding hydrogens is 362 g/mol. The summed E-state index contributed by atoms with van der Waals surface area (Å²) in [6.07, 6.45) is 1.49. The van der Waals surface area contributed by atoms with E-state index in [4.69, 9.17) is 9.47 Å². The van der Waals surface area contributed by atoms with Gasteiger partial charge in [0.15, 0.2) is 0 Å². The molecule has 1 aromatic rings. The number of hydrogen-bond donors (Lipinski definition) is 4. The highest BCUT2D eigenvalue weighted by atomic mass is 16.5. The van der Waals surface area contributed by atoms with E-state index in [0.29, 0.717) is 43.7 Å². The first kappa shape index (κ1) is 19.2. The monoisotopic (exact) mass is 389 g/mol. The van der Waals surface area contributed by atoms with Gasteiger partial charge in [-0.25, -0.2) is 0 Å². The number of ether oxygens (including phenoxy) is 2. The fourth-order valence-corrected chi connectivity index (χ4v) is 4.06.